The standard InChI is InChI=1S/C19H26ClN3O5S/c20-16-6-5-15(14-17(16)29(26,27)23-10-12-28-13-11-23)19(25)21-7-9-22-8-3-1-2-4-18(22)24/h5-6,14H,1-4,7-13H2,(H,21,25). The number of carbonyl (C=O) groups excluding carboxylic acids is 2. The maximum absolute atomic E-state index is 12.9. The molecule has 29 heavy (non-hydrogen) atoms. The maximum atomic E-state index is 12.9. The van der Waals surface area contributed by atoms with Crippen molar-refractivity contribution in [2.75, 3.05) is 45.9 Å². The first-order chi connectivity index (χ1) is 13.9. The number of hydrogen-bond donors (Lipinski definition) is 1. The van der Waals surface area contributed by atoms with Crippen LogP contribution in [0.25, 0.3) is 0 Å². The molecule has 2 amide bonds. The van der Waals surface area contributed by atoms with Crippen LogP contribution in [0.15, 0.2) is 23.1 Å². The summed E-state index contributed by atoms with van der Waals surface area (Å²) in [6.07, 6.45) is 3.47. The molecule has 1 N–H and O–H groups in total. The molecule has 2 aliphatic heterocycles. The quantitative estimate of drug-likeness (QED) is 0.718. The molecule has 0 aromatic heterocycles. The lowest BCUT2D eigenvalue weighted by Crippen LogP contribution is -2.41. The van der Waals surface area contributed by atoms with Crippen LogP contribution in [0.4, 0.5) is 0 Å². The minimum atomic E-state index is -3.81. The number of amides is 2. The number of rotatable bonds is 6. The molecule has 0 radical (unpaired) electrons. The summed E-state index contributed by atoms with van der Waals surface area (Å²) in [6.45, 7) is 2.60. The zero-order valence-corrected chi connectivity index (χ0v) is 17.8. The van der Waals surface area contributed by atoms with E-state index in [1.807, 2.05) is 0 Å². The number of ether oxygens (including phenoxy) is 1. The van der Waals surface area contributed by atoms with E-state index in [9.17, 15) is 18.0 Å². The van der Waals surface area contributed by atoms with Crippen LogP contribution < -0.4 is 5.32 Å². The van der Waals surface area contributed by atoms with Crippen molar-refractivity contribution in [3.8, 4) is 0 Å². The highest BCUT2D eigenvalue weighted by Gasteiger charge is 2.29. The Balaban J connectivity index is 1.65. The van der Waals surface area contributed by atoms with Gasteiger partial charge in [-0.3, -0.25) is 9.59 Å². The molecule has 0 aliphatic carbocycles. The largest absolute Gasteiger partial charge is 0.379 e. The van der Waals surface area contributed by atoms with Crippen molar-refractivity contribution in [1.29, 1.82) is 0 Å². The molecule has 3 rings (SSSR count). The highest BCUT2D eigenvalue weighted by molar-refractivity contribution is 7.89. The smallest absolute Gasteiger partial charge is 0.251 e. The normalized spacial score (nSPS) is 19.1. The summed E-state index contributed by atoms with van der Waals surface area (Å²) in [4.78, 5) is 26.2. The SMILES string of the molecule is O=C(NCCN1CCCCCC1=O)c1ccc(Cl)c(S(=O)(=O)N2CCOCC2)c1. The van der Waals surface area contributed by atoms with E-state index in [4.69, 9.17) is 16.3 Å². The molecule has 160 valence electrons. The van der Waals surface area contributed by atoms with Gasteiger partial charge in [0.15, 0.2) is 0 Å². The van der Waals surface area contributed by atoms with Crippen LogP contribution in [0.5, 0.6) is 0 Å². The van der Waals surface area contributed by atoms with Crippen LogP contribution in [0, 0.1) is 0 Å². The Bertz CT molecular complexity index is 855. The second-order valence-corrected chi connectivity index (χ2v) is 9.42. The Morgan fingerprint density at radius 3 is 2.66 bits per heavy atom. The molecule has 0 unspecified atom stereocenters. The Kier molecular flexibility index (Phi) is 7.50. The Hall–Kier alpha value is -1.68. The van der Waals surface area contributed by atoms with Gasteiger partial charge in [-0.1, -0.05) is 18.0 Å². The topological polar surface area (TPSA) is 96.0 Å². The van der Waals surface area contributed by atoms with Gasteiger partial charge in [-0.15, -0.1) is 0 Å². The summed E-state index contributed by atoms with van der Waals surface area (Å²) in [5.74, 6) is -0.288. The summed E-state index contributed by atoms with van der Waals surface area (Å²) in [5, 5.41) is 2.83. The Morgan fingerprint density at radius 1 is 1.14 bits per heavy atom. The van der Waals surface area contributed by atoms with Gasteiger partial charge < -0.3 is 15.0 Å². The Labute approximate surface area is 176 Å². The van der Waals surface area contributed by atoms with Crippen LogP contribution in [0.2, 0.25) is 5.02 Å². The number of morpholine rings is 1. The van der Waals surface area contributed by atoms with Crippen molar-refractivity contribution in [2.24, 2.45) is 0 Å². The van der Waals surface area contributed by atoms with E-state index in [1.165, 1.54) is 22.5 Å². The molecule has 1 aromatic carbocycles. The van der Waals surface area contributed by atoms with E-state index in [0.29, 0.717) is 39.3 Å². The zero-order valence-electron chi connectivity index (χ0n) is 16.2. The van der Waals surface area contributed by atoms with E-state index in [1.54, 1.807) is 4.90 Å². The molecule has 0 bridgehead atoms. The first kappa shape index (κ1) is 22.0. The molecule has 2 saturated heterocycles. The summed E-state index contributed by atoms with van der Waals surface area (Å²) in [6, 6.07) is 4.22. The van der Waals surface area contributed by atoms with Crippen LogP contribution in [0.1, 0.15) is 36.0 Å². The number of hydrogen-bond acceptors (Lipinski definition) is 5. The van der Waals surface area contributed by atoms with Crippen molar-refractivity contribution in [2.45, 2.75) is 30.6 Å². The molecule has 0 atom stereocenters. The van der Waals surface area contributed by atoms with Crippen molar-refractivity contribution in [1.82, 2.24) is 14.5 Å². The third-order valence-corrected chi connectivity index (χ3v) is 7.50. The van der Waals surface area contributed by atoms with Gasteiger partial charge in [-0.2, -0.15) is 4.31 Å². The molecule has 2 heterocycles. The summed E-state index contributed by atoms with van der Waals surface area (Å²) in [5.41, 5.74) is 0.212. The molecule has 2 aliphatic rings. The molecule has 10 heteroatoms. The van der Waals surface area contributed by atoms with Crippen molar-refractivity contribution in [3.63, 3.8) is 0 Å². The van der Waals surface area contributed by atoms with Gasteiger partial charge in [-0.05, 0) is 31.0 Å². The van der Waals surface area contributed by atoms with Gasteiger partial charge in [-0.25, -0.2) is 8.42 Å². The van der Waals surface area contributed by atoms with Crippen LogP contribution in [-0.2, 0) is 19.6 Å². The molecule has 0 saturated carbocycles. The van der Waals surface area contributed by atoms with E-state index in [0.717, 1.165) is 19.3 Å². The number of carbonyl (C=O) groups is 2. The molecule has 1 aromatic rings. The average Bonchev–Trinajstić information content (AvgIpc) is 2.93. The van der Waals surface area contributed by atoms with E-state index in [-0.39, 0.29) is 34.5 Å². The number of likely N-dealkylation sites (tertiary alicyclic amines) is 1. The van der Waals surface area contributed by atoms with Gasteiger partial charge in [0, 0.05) is 44.7 Å². The second-order valence-electron chi connectivity index (χ2n) is 7.11. The number of sulfonamides is 1. The number of nitrogens with one attached hydrogen (secondary N) is 1. The molecule has 0 spiro atoms. The highest BCUT2D eigenvalue weighted by Crippen LogP contribution is 2.26. The van der Waals surface area contributed by atoms with Crippen LogP contribution in [0.3, 0.4) is 0 Å². The van der Waals surface area contributed by atoms with E-state index >= 15 is 0 Å². The lowest BCUT2D eigenvalue weighted by Gasteiger charge is -2.26. The monoisotopic (exact) mass is 443 g/mol. The van der Waals surface area contributed by atoms with Gasteiger partial charge in [0.1, 0.15) is 4.90 Å². The Morgan fingerprint density at radius 2 is 1.90 bits per heavy atom. The molecule has 2 fully saturated rings. The maximum Gasteiger partial charge on any atom is 0.251 e. The predicted molar refractivity (Wildman–Crippen MR) is 108 cm³/mol. The molecular formula is C19H26ClN3O5S. The molecule has 8 nitrogen and oxygen atoms in total. The van der Waals surface area contributed by atoms with Crippen LogP contribution in [-0.4, -0.2) is 75.4 Å². The minimum absolute atomic E-state index is 0.0724. The first-order valence-electron chi connectivity index (χ1n) is 9.83. The average molecular weight is 444 g/mol. The first-order valence-corrected chi connectivity index (χ1v) is 11.6. The fraction of sp³-hybridized carbons (Fsp3) is 0.579. The van der Waals surface area contributed by atoms with Crippen LogP contribution >= 0.6 is 11.6 Å². The van der Waals surface area contributed by atoms with E-state index < -0.39 is 15.9 Å². The summed E-state index contributed by atoms with van der Waals surface area (Å²) in [7, 11) is -3.81. The number of benzene rings is 1. The number of halogens is 1. The van der Waals surface area contributed by atoms with Crippen molar-refractivity contribution >= 4 is 33.4 Å². The fourth-order valence-corrected chi connectivity index (χ4v) is 5.36. The minimum Gasteiger partial charge on any atom is -0.379 e. The second kappa shape index (κ2) is 9.88. The lowest BCUT2D eigenvalue weighted by molar-refractivity contribution is -0.130. The van der Waals surface area contributed by atoms with Gasteiger partial charge in [0.25, 0.3) is 5.91 Å². The van der Waals surface area contributed by atoms with Gasteiger partial charge in [0.05, 0.1) is 18.2 Å². The lowest BCUT2D eigenvalue weighted by atomic mass is 10.2. The zero-order chi connectivity index (χ0) is 20.9. The third kappa shape index (κ3) is 5.48. The van der Waals surface area contributed by atoms with Crippen molar-refractivity contribution in [3.05, 3.63) is 28.8 Å². The van der Waals surface area contributed by atoms with Gasteiger partial charge in [0.2, 0.25) is 15.9 Å². The number of nitrogens with zero attached hydrogens (tertiary/aromatic N) is 2. The van der Waals surface area contributed by atoms with E-state index in [2.05, 4.69) is 5.32 Å². The fourth-order valence-electron chi connectivity index (χ4n) is 3.45. The predicted octanol–water partition coefficient (Wildman–Crippen LogP) is 1.49. The molecular weight excluding hydrogens is 418 g/mol. The van der Waals surface area contributed by atoms with Crippen molar-refractivity contribution < 1.29 is 22.7 Å². The third-order valence-electron chi connectivity index (χ3n) is 5.12. The van der Waals surface area contributed by atoms with Gasteiger partial charge >= 0.3 is 0 Å². The highest BCUT2D eigenvalue weighted by atomic mass is 35.5. The summed E-state index contributed by atoms with van der Waals surface area (Å²) < 4.78 is 32.3. The summed E-state index contributed by atoms with van der Waals surface area (Å²) >= 11 is 6.13.